The van der Waals surface area contributed by atoms with E-state index >= 15 is 0 Å². The summed E-state index contributed by atoms with van der Waals surface area (Å²) in [5.41, 5.74) is 1.68. The number of aryl methyl sites for hydroxylation is 1. The van der Waals surface area contributed by atoms with Crippen LogP contribution in [-0.4, -0.2) is 39.8 Å². The average Bonchev–Trinajstić information content (AvgIpc) is 3.22. The molecule has 1 atom stereocenters. The van der Waals surface area contributed by atoms with Crippen molar-refractivity contribution in [3.05, 3.63) is 53.9 Å². The second kappa shape index (κ2) is 6.75. The van der Waals surface area contributed by atoms with Crippen molar-refractivity contribution in [3.8, 4) is 0 Å². The van der Waals surface area contributed by atoms with Crippen molar-refractivity contribution in [1.82, 2.24) is 14.7 Å². The minimum Gasteiger partial charge on any atom is -0.372 e. The molecule has 1 saturated heterocycles. The SMILES string of the molecule is CCn1ccc(C(=O)N2CCC(OCc3ccccc3)C2)n1. The highest BCUT2D eigenvalue weighted by atomic mass is 16.5. The number of hydrogen-bond acceptors (Lipinski definition) is 3. The van der Waals surface area contributed by atoms with Gasteiger partial charge in [-0.15, -0.1) is 0 Å². The second-order valence-corrected chi connectivity index (χ2v) is 5.52. The molecule has 5 nitrogen and oxygen atoms in total. The molecule has 1 aromatic heterocycles. The molecule has 0 saturated carbocycles. The highest BCUT2D eigenvalue weighted by molar-refractivity contribution is 5.92. The molecular formula is C17H21N3O2. The van der Waals surface area contributed by atoms with Crippen LogP contribution in [0.25, 0.3) is 0 Å². The number of nitrogens with zero attached hydrogens (tertiary/aromatic N) is 3. The number of aromatic nitrogens is 2. The maximum absolute atomic E-state index is 12.4. The lowest BCUT2D eigenvalue weighted by atomic mass is 10.2. The van der Waals surface area contributed by atoms with Gasteiger partial charge in [0.15, 0.2) is 0 Å². The van der Waals surface area contributed by atoms with Gasteiger partial charge >= 0.3 is 0 Å². The molecular weight excluding hydrogens is 278 g/mol. The number of rotatable bonds is 5. The van der Waals surface area contributed by atoms with Crippen molar-refractivity contribution < 1.29 is 9.53 Å². The lowest BCUT2D eigenvalue weighted by Gasteiger charge is -2.15. The van der Waals surface area contributed by atoms with E-state index < -0.39 is 0 Å². The molecule has 2 aromatic rings. The molecule has 1 fully saturated rings. The third-order valence-corrected chi connectivity index (χ3v) is 3.94. The molecule has 0 bridgehead atoms. The van der Waals surface area contributed by atoms with Gasteiger partial charge in [0, 0.05) is 25.8 Å². The zero-order valence-corrected chi connectivity index (χ0v) is 12.8. The number of benzene rings is 1. The maximum atomic E-state index is 12.4. The van der Waals surface area contributed by atoms with Crippen LogP contribution in [0.15, 0.2) is 42.6 Å². The van der Waals surface area contributed by atoms with Crippen LogP contribution in [-0.2, 0) is 17.9 Å². The minimum absolute atomic E-state index is 0.00184. The predicted octanol–water partition coefficient (Wildman–Crippen LogP) is 2.33. The zero-order valence-electron chi connectivity index (χ0n) is 12.8. The molecule has 1 aromatic carbocycles. The van der Waals surface area contributed by atoms with Crippen molar-refractivity contribution in [2.24, 2.45) is 0 Å². The molecule has 0 spiro atoms. The van der Waals surface area contributed by atoms with E-state index in [0.29, 0.717) is 18.8 Å². The fourth-order valence-electron chi connectivity index (χ4n) is 2.65. The summed E-state index contributed by atoms with van der Waals surface area (Å²) < 4.78 is 7.68. The number of likely N-dealkylation sites (tertiary alicyclic amines) is 1. The van der Waals surface area contributed by atoms with Gasteiger partial charge in [-0.3, -0.25) is 9.48 Å². The van der Waals surface area contributed by atoms with Gasteiger partial charge in [0.1, 0.15) is 5.69 Å². The summed E-state index contributed by atoms with van der Waals surface area (Å²) in [6.07, 6.45) is 2.83. The molecule has 1 unspecified atom stereocenters. The molecule has 1 amide bonds. The molecule has 0 N–H and O–H groups in total. The summed E-state index contributed by atoms with van der Waals surface area (Å²) in [5, 5.41) is 4.28. The first-order valence-corrected chi connectivity index (χ1v) is 7.74. The highest BCUT2D eigenvalue weighted by Gasteiger charge is 2.28. The Hall–Kier alpha value is -2.14. The Morgan fingerprint density at radius 3 is 2.86 bits per heavy atom. The van der Waals surface area contributed by atoms with E-state index in [9.17, 15) is 4.79 Å². The van der Waals surface area contributed by atoms with Gasteiger partial charge in [-0.25, -0.2) is 0 Å². The number of ether oxygens (including phenoxy) is 1. The number of amides is 1. The van der Waals surface area contributed by atoms with Crippen LogP contribution in [0.1, 0.15) is 29.4 Å². The Labute approximate surface area is 130 Å². The molecule has 1 aliphatic rings. The average molecular weight is 299 g/mol. The molecule has 5 heteroatoms. The van der Waals surface area contributed by atoms with Crippen LogP contribution in [0.5, 0.6) is 0 Å². The predicted molar refractivity (Wildman–Crippen MR) is 83.4 cm³/mol. The monoisotopic (exact) mass is 299 g/mol. The van der Waals surface area contributed by atoms with Gasteiger partial charge in [0.25, 0.3) is 5.91 Å². The molecule has 1 aliphatic heterocycles. The molecule has 0 aliphatic carbocycles. The first kappa shape index (κ1) is 14.8. The third-order valence-electron chi connectivity index (χ3n) is 3.94. The van der Waals surface area contributed by atoms with Gasteiger partial charge in [0.2, 0.25) is 0 Å². The Kier molecular flexibility index (Phi) is 4.53. The van der Waals surface area contributed by atoms with E-state index in [4.69, 9.17) is 4.74 Å². The molecule has 0 radical (unpaired) electrons. The van der Waals surface area contributed by atoms with E-state index in [-0.39, 0.29) is 12.0 Å². The second-order valence-electron chi connectivity index (χ2n) is 5.52. The van der Waals surface area contributed by atoms with Crippen LogP contribution in [0, 0.1) is 0 Å². The van der Waals surface area contributed by atoms with Crippen LogP contribution in [0.3, 0.4) is 0 Å². The van der Waals surface area contributed by atoms with E-state index in [1.807, 2.05) is 36.2 Å². The quantitative estimate of drug-likeness (QED) is 0.851. The Morgan fingerprint density at radius 1 is 1.32 bits per heavy atom. The Balaban J connectivity index is 1.52. The summed E-state index contributed by atoms with van der Waals surface area (Å²) in [6, 6.07) is 11.9. The number of hydrogen-bond donors (Lipinski definition) is 0. The van der Waals surface area contributed by atoms with Crippen molar-refractivity contribution in [2.45, 2.75) is 32.6 Å². The first-order valence-electron chi connectivity index (χ1n) is 7.74. The fourth-order valence-corrected chi connectivity index (χ4v) is 2.65. The van der Waals surface area contributed by atoms with E-state index in [1.165, 1.54) is 0 Å². The standard InChI is InChI=1S/C17H21N3O2/c1-2-20-11-9-16(18-20)17(21)19-10-8-15(12-19)22-13-14-6-4-3-5-7-14/h3-7,9,11,15H,2,8,10,12-13H2,1H3. The number of carbonyl (C=O) groups is 1. The molecule has 2 heterocycles. The van der Waals surface area contributed by atoms with Gasteiger partial charge < -0.3 is 9.64 Å². The van der Waals surface area contributed by atoms with E-state index in [0.717, 1.165) is 25.1 Å². The van der Waals surface area contributed by atoms with Crippen molar-refractivity contribution in [2.75, 3.05) is 13.1 Å². The van der Waals surface area contributed by atoms with Crippen molar-refractivity contribution in [1.29, 1.82) is 0 Å². The summed E-state index contributed by atoms with van der Waals surface area (Å²) in [4.78, 5) is 14.2. The van der Waals surface area contributed by atoms with Crippen molar-refractivity contribution >= 4 is 5.91 Å². The summed E-state index contributed by atoms with van der Waals surface area (Å²) in [5.74, 6) is -0.00184. The fraction of sp³-hybridized carbons (Fsp3) is 0.412. The summed E-state index contributed by atoms with van der Waals surface area (Å²) >= 11 is 0. The third kappa shape index (κ3) is 3.36. The minimum atomic E-state index is -0.00184. The number of carbonyl (C=O) groups excluding carboxylic acids is 1. The Morgan fingerprint density at radius 2 is 2.14 bits per heavy atom. The molecule has 3 rings (SSSR count). The smallest absolute Gasteiger partial charge is 0.274 e. The summed E-state index contributed by atoms with van der Waals surface area (Å²) in [6.45, 7) is 4.75. The van der Waals surface area contributed by atoms with Crippen LogP contribution in [0.4, 0.5) is 0 Å². The normalized spacial score (nSPS) is 17.9. The van der Waals surface area contributed by atoms with E-state index in [2.05, 4.69) is 17.2 Å². The Bertz CT molecular complexity index is 624. The first-order chi connectivity index (χ1) is 10.8. The van der Waals surface area contributed by atoms with Gasteiger partial charge in [-0.2, -0.15) is 5.10 Å². The van der Waals surface area contributed by atoms with Crippen LogP contribution < -0.4 is 0 Å². The van der Waals surface area contributed by atoms with Crippen LogP contribution in [0.2, 0.25) is 0 Å². The highest BCUT2D eigenvalue weighted by Crippen LogP contribution is 2.17. The van der Waals surface area contributed by atoms with Gasteiger partial charge in [0.05, 0.1) is 12.7 Å². The van der Waals surface area contributed by atoms with Gasteiger partial charge in [-0.05, 0) is 25.0 Å². The zero-order chi connectivity index (χ0) is 15.4. The molecule has 22 heavy (non-hydrogen) atoms. The van der Waals surface area contributed by atoms with E-state index in [1.54, 1.807) is 10.7 Å². The molecule has 116 valence electrons. The lowest BCUT2D eigenvalue weighted by molar-refractivity contribution is 0.0436. The van der Waals surface area contributed by atoms with Gasteiger partial charge in [-0.1, -0.05) is 30.3 Å². The lowest BCUT2D eigenvalue weighted by Crippen LogP contribution is -2.30. The largest absolute Gasteiger partial charge is 0.372 e. The maximum Gasteiger partial charge on any atom is 0.274 e. The summed E-state index contributed by atoms with van der Waals surface area (Å²) in [7, 11) is 0. The van der Waals surface area contributed by atoms with Crippen molar-refractivity contribution in [3.63, 3.8) is 0 Å². The van der Waals surface area contributed by atoms with Crippen LogP contribution >= 0.6 is 0 Å². The topological polar surface area (TPSA) is 47.4 Å².